The van der Waals surface area contributed by atoms with Gasteiger partial charge >= 0.3 is 5.69 Å². The van der Waals surface area contributed by atoms with Crippen LogP contribution in [-0.4, -0.2) is 38.1 Å². The summed E-state index contributed by atoms with van der Waals surface area (Å²) in [6.07, 6.45) is 5.97. The van der Waals surface area contributed by atoms with Crippen molar-refractivity contribution in [2.75, 3.05) is 12.3 Å². The molecule has 0 aromatic carbocycles. The van der Waals surface area contributed by atoms with Gasteiger partial charge in [-0.2, -0.15) is 4.98 Å². The number of nitrogens with zero attached hydrogens (tertiary/aromatic N) is 2. The Morgan fingerprint density at radius 2 is 2.43 bits per heavy atom. The lowest BCUT2D eigenvalue weighted by Gasteiger charge is -2.23. The number of aliphatic hydroxyl groups is 2. The lowest BCUT2D eigenvalue weighted by atomic mass is 9.91. The Morgan fingerprint density at radius 3 is 2.95 bits per heavy atom. The zero-order valence-corrected chi connectivity index (χ0v) is 11.6. The second kappa shape index (κ2) is 5.87. The second-order valence-electron chi connectivity index (χ2n) is 4.58. The Balaban J connectivity index is 2.51. The molecule has 4 atom stereocenters. The molecular weight excluding hydrogens is 298 g/mol. The second-order valence-corrected chi connectivity index (χ2v) is 4.84. The molecule has 0 spiro atoms. The van der Waals surface area contributed by atoms with E-state index >= 15 is 0 Å². The topological polar surface area (TPSA) is 111 Å². The van der Waals surface area contributed by atoms with Crippen molar-refractivity contribution in [2.45, 2.75) is 17.9 Å². The van der Waals surface area contributed by atoms with Crippen molar-refractivity contribution in [3.05, 3.63) is 34.4 Å². The number of halogens is 1. The van der Waals surface area contributed by atoms with E-state index in [2.05, 4.69) is 10.9 Å². The third-order valence-corrected chi connectivity index (χ3v) is 3.55. The fourth-order valence-electron chi connectivity index (χ4n) is 2.27. The Hall–Kier alpha value is -1.85. The quantitative estimate of drug-likeness (QED) is 0.646. The predicted molar refractivity (Wildman–Crippen MR) is 76.2 cm³/mol. The highest BCUT2D eigenvalue weighted by molar-refractivity contribution is 6.25. The molecular formula is C13H14ClN3O4. The first kappa shape index (κ1) is 15.5. The summed E-state index contributed by atoms with van der Waals surface area (Å²) in [4.78, 5) is 15.5. The zero-order chi connectivity index (χ0) is 15.6. The average molecular weight is 312 g/mol. The first-order valence-corrected chi connectivity index (χ1v) is 6.49. The van der Waals surface area contributed by atoms with Gasteiger partial charge in [0.25, 0.3) is 0 Å². The Morgan fingerprint density at radius 1 is 1.71 bits per heavy atom. The number of anilines is 1. The molecule has 0 aliphatic carbocycles. The van der Waals surface area contributed by atoms with Crippen molar-refractivity contribution in [3.8, 4) is 12.3 Å². The van der Waals surface area contributed by atoms with E-state index in [0.717, 1.165) is 4.57 Å². The largest absolute Gasteiger partial charge is 0.392 e. The molecule has 1 aliphatic heterocycles. The third kappa shape index (κ3) is 2.54. The van der Waals surface area contributed by atoms with Gasteiger partial charge in [0.15, 0.2) is 5.60 Å². The van der Waals surface area contributed by atoms with E-state index < -0.39 is 36.1 Å². The monoisotopic (exact) mass is 311 g/mol. The Bertz CT molecular complexity index is 654. The lowest BCUT2D eigenvalue weighted by Crippen LogP contribution is -2.43. The minimum atomic E-state index is -1.62. The zero-order valence-electron chi connectivity index (χ0n) is 10.9. The Kier molecular flexibility index (Phi) is 4.34. The molecule has 0 unspecified atom stereocenters. The van der Waals surface area contributed by atoms with Crippen LogP contribution in [0.25, 0.3) is 0 Å². The van der Waals surface area contributed by atoms with Gasteiger partial charge in [0, 0.05) is 11.7 Å². The summed E-state index contributed by atoms with van der Waals surface area (Å²) >= 11 is 5.56. The number of rotatable bonds is 3. The van der Waals surface area contributed by atoms with E-state index in [1.807, 2.05) is 0 Å². The summed E-state index contributed by atoms with van der Waals surface area (Å²) in [5.74, 6) is 1.57. The maximum absolute atomic E-state index is 11.9. The normalized spacial score (nSPS) is 32.4. The summed E-state index contributed by atoms with van der Waals surface area (Å²) in [6, 6.07) is 1.41. The number of aliphatic hydroxyl groups excluding tert-OH is 2. The molecule has 0 radical (unpaired) electrons. The van der Waals surface area contributed by atoms with Crippen LogP contribution in [0.3, 0.4) is 0 Å². The van der Waals surface area contributed by atoms with Crippen molar-refractivity contribution >= 4 is 17.4 Å². The van der Waals surface area contributed by atoms with Crippen LogP contribution in [-0.2, 0) is 4.74 Å². The molecule has 2 heterocycles. The maximum atomic E-state index is 11.9. The molecule has 112 valence electrons. The van der Waals surface area contributed by atoms with Gasteiger partial charge in [0.2, 0.25) is 0 Å². The van der Waals surface area contributed by atoms with Gasteiger partial charge < -0.3 is 20.7 Å². The summed E-state index contributed by atoms with van der Waals surface area (Å²) in [7, 11) is 0. The van der Waals surface area contributed by atoms with Crippen LogP contribution in [0.2, 0.25) is 0 Å². The molecule has 1 aromatic rings. The summed E-state index contributed by atoms with van der Waals surface area (Å²) < 4.78 is 6.70. The number of nitrogens with two attached hydrogens (primary N) is 1. The van der Waals surface area contributed by atoms with Gasteiger partial charge in [-0.05, 0) is 6.07 Å². The van der Waals surface area contributed by atoms with Crippen molar-refractivity contribution in [1.82, 2.24) is 9.55 Å². The first-order valence-electron chi connectivity index (χ1n) is 6.05. The Labute approximate surface area is 125 Å². The SMILES string of the molecule is C#C[C@]1(CO)O[C@@H](n2ccc(N)nc2=O)[C@@H](C=CCl)[C@@H]1O. The average Bonchev–Trinajstić information content (AvgIpc) is 2.74. The summed E-state index contributed by atoms with van der Waals surface area (Å²) in [5.41, 5.74) is 4.34. The molecule has 0 bridgehead atoms. The predicted octanol–water partition coefficient (Wildman–Crippen LogP) is -0.552. The number of aromatic nitrogens is 2. The number of hydrogen-bond acceptors (Lipinski definition) is 6. The summed E-state index contributed by atoms with van der Waals surface area (Å²) in [6.45, 7) is -0.606. The fraction of sp³-hybridized carbons (Fsp3) is 0.385. The molecule has 7 nitrogen and oxygen atoms in total. The van der Waals surface area contributed by atoms with E-state index in [1.165, 1.54) is 23.9 Å². The van der Waals surface area contributed by atoms with Gasteiger partial charge in [-0.3, -0.25) is 4.57 Å². The van der Waals surface area contributed by atoms with Crippen LogP contribution in [0.5, 0.6) is 0 Å². The van der Waals surface area contributed by atoms with Crippen molar-refractivity contribution in [1.29, 1.82) is 0 Å². The van der Waals surface area contributed by atoms with E-state index in [9.17, 15) is 15.0 Å². The minimum absolute atomic E-state index is 0.0598. The van der Waals surface area contributed by atoms with Crippen molar-refractivity contribution in [2.24, 2.45) is 5.92 Å². The van der Waals surface area contributed by atoms with Gasteiger partial charge in [-0.15, -0.1) is 6.42 Å². The highest BCUT2D eigenvalue weighted by Crippen LogP contribution is 2.41. The van der Waals surface area contributed by atoms with E-state index in [1.54, 1.807) is 0 Å². The molecule has 8 heteroatoms. The van der Waals surface area contributed by atoms with Crippen molar-refractivity contribution in [3.63, 3.8) is 0 Å². The molecule has 1 aliphatic rings. The van der Waals surface area contributed by atoms with E-state index in [4.69, 9.17) is 28.5 Å². The smallest absolute Gasteiger partial charge is 0.351 e. The molecule has 1 aromatic heterocycles. The number of terminal acetylenes is 1. The number of nitrogen functional groups attached to an aromatic ring is 1. The summed E-state index contributed by atoms with van der Waals surface area (Å²) in [5, 5.41) is 19.8. The molecule has 21 heavy (non-hydrogen) atoms. The molecule has 4 N–H and O–H groups in total. The highest BCUT2D eigenvalue weighted by Gasteiger charge is 2.53. The van der Waals surface area contributed by atoms with Gasteiger partial charge in [-0.25, -0.2) is 4.79 Å². The van der Waals surface area contributed by atoms with Gasteiger partial charge in [0.1, 0.15) is 18.1 Å². The number of hydrogen-bond donors (Lipinski definition) is 3. The fourth-order valence-corrected chi connectivity index (χ4v) is 2.44. The minimum Gasteiger partial charge on any atom is -0.392 e. The van der Waals surface area contributed by atoms with Gasteiger partial charge in [0.05, 0.1) is 12.5 Å². The van der Waals surface area contributed by atoms with Crippen LogP contribution in [0.1, 0.15) is 6.23 Å². The number of ether oxygens (including phenoxy) is 1. The standard InChI is InChI=1S/C13H14ClN3O4/c1-2-13(7-18)10(19)8(3-5-14)11(21-13)17-6-4-9(15)16-12(17)20/h1,3-6,8,10-11,18-19H,7H2,(H2,15,16,20)/t8-,10-,11+,13+/m0/s1. The van der Waals surface area contributed by atoms with Crippen LogP contribution in [0.4, 0.5) is 5.82 Å². The van der Waals surface area contributed by atoms with Crippen LogP contribution in [0.15, 0.2) is 28.7 Å². The molecule has 2 rings (SSSR count). The third-order valence-electron chi connectivity index (χ3n) is 3.40. The first-order chi connectivity index (χ1) is 9.99. The van der Waals surface area contributed by atoms with E-state index in [-0.39, 0.29) is 5.82 Å². The van der Waals surface area contributed by atoms with Crippen LogP contribution < -0.4 is 11.4 Å². The van der Waals surface area contributed by atoms with Crippen molar-refractivity contribution < 1.29 is 14.9 Å². The molecule has 0 amide bonds. The van der Waals surface area contributed by atoms with Crippen LogP contribution in [0, 0.1) is 18.3 Å². The highest BCUT2D eigenvalue weighted by atomic mass is 35.5. The molecule has 0 saturated carbocycles. The molecule has 1 saturated heterocycles. The van der Waals surface area contributed by atoms with Crippen LogP contribution >= 0.6 is 11.6 Å². The maximum Gasteiger partial charge on any atom is 0.351 e. The van der Waals surface area contributed by atoms with E-state index in [0.29, 0.717) is 0 Å². The molecule has 1 fully saturated rings. The van der Waals surface area contributed by atoms with Gasteiger partial charge in [-0.1, -0.05) is 23.6 Å². The lowest BCUT2D eigenvalue weighted by molar-refractivity contribution is -0.0916.